The molecule has 0 spiro atoms. The number of hydrogen-bond donors (Lipinski definition) is 0. The van der Waals surface area contributed by atoms with Crippen LogP contribution in [0.4, 0.5) is 0 Å². The average Bonchev–Trinajstić information content (AvgIpc) is 2.56. The summed E-state index contributed by atoms with van der Waals surface area (Å²) in [5.41, 5.74) is 3.99. The lowest BCUT2D eigenvalue weighted by Gasteiger charge is -2.04. The molecule has 0 aliphatic carbocycles. The summed E-state index contributed by atoms with van der Waals surface area (Å²) in [4.78, 5) is 4.22. The summed E-state index contributed by atoms with van der Waals surface area (Å²) in [6, 6.07) is 20.0. The first-order valence-electron chi connectivity index (χ1n) is 6.75. The van der Waals surface area contributed by atoms with E-state index in [1.165, 1.54) is 5.56 Å². The van der Waals surface area contributed by atoms with Gasteiger partial charge in [0.2, 0.25) is 5.69 Å². The zero-order valence-corrected chi connectivity index (χ0v) is 11.5. The SMILES string of the molecule is N#Cc1ccc(-c2cncc[n+]2Cc2ccccc2)cc1. The molecule has 3 aromatic rings. The molecule has 100 valence electrons. The summed E-state index contributed by atoms with van der Waals surface area (Å²) in [6.45, 7) is 0.790. The van der Waals surface area contributed by atoms with Crippen LogP contribution in [0.25, 0.3) is 11.3 Å². The average molecular weight is 272 g/mol. The molecule has 0 amide bonds. The van der Waals surface area contributed by atoms with Crippen molar-refractivity contribution in [2.45, 2.75) is 6.54 Å². The van der Waals surface area contributed by atoms with Crippen molar-refractivity contribution in [3.63, 3.8) is 0 Å². The number of nitrogens with zero attached hydrogens (tertiary/aromatic N) is 3. The smallest absolute Gasteiger partial charge is 0.231 e. The largest absolute Gasteiger partial charge is 0.252 e. The monoisotopic (exact) mass is 272 g/mol. The van der Waals surface area contributed by atoms with Crippen LogP contribution in [0.5, 0.6) is 0 Å². The Morgan fingerprint density at radius 2 is 1.76 bits per heavy atom. The molecule has 0 radical (unpaired) electrons. The minimum atomic E-state index is 0.664. The van der Waals surface area contributed by atoms with Gasteiger partial charge in [0.25, 0.3) is 0 Å². The lowest BCUT2D eigenvalue weighted by atomic mass is 10.1. The normalized spacial score (nSPS) is 10.0. The van der Waals surface area contributed by atoms with Crippen LogP contribution in [0.15, 0.2) is 73.2 Å². The molecule has 0 saturated carbocycles. The molecule has 0 unspecified atom stereocenters. The fourth-order valence-corrected chi connectivity index (χ4v) is 2.26. The van der Waals surface area contributed by atoms with Gasteiger partial charge in [-0.1, -0.05) is 30.3 Å². The van der Waals surface area contributed by atoms with Crippen LogP contribution in [-0.4, -0.2) is 4.98 Å². The van der Waals surface area contributed by atoms with Gasteiger partial charge in [-0.05, 0) is 24.3 Å². The van der Waals surface area contributed by atoms with Gasteiger partial charge in [0, 0.05) is 11.1 Å². The van der Waals surface area contributed by atoms with Crippen molar-refractivity contribution in [1.82, 2.24) is 4.98 Å². The highest BCUT2D eigenvalue weighted by Gasteiger charge is 2.13. The Balaban J connectivity index is 1.97. The third-order valence-electron chi connectivity index (χ3n) is 3.34. The Labute approximate surface area is 123 Å². The second-order valence-electron chi connectivity index (χ2n) is 4.76. The molecule has 21 heavy (non-hydrogen) atoms. The third kappa shape index (κ3) is 2.96. The van der Waals surface area contributed by atoms with Gasteiger partial charge >= 0.3 is 0 Å². The Morgan fingerprint density at radius 1 is 1.00 bits per heavy atom. The zero-order valence-electron chi connectivity index (χ0n) is 11.5. The number of nitriles is 1. The van der Waals surface area contributed by atoms with E-state index in [2.05, 4.69) is 27.8 Å². The molecule has 0 atom stereocenters. The van der Waals surface area contributed by atoms with Crippen LogP contribution in [0, 0.1) is 11.3 Å². The van der Waals surface area contributed by atoms with Gasteiger partial charge in [-0.2, -0.15) is 9.83 Å². The van der Waals surface area contributed by atoms with E-state index in [4.69, 9.17) is 5.26 Å². The standard InChI is InChI=1S/C18H14N3/c19-12-15-6-8-17(9-7-15)18-13-20-10-11-21(18)14-16-4-2-1-3-5-16/h1-11,13H,14H2/q+1. The predicted octanol–water partition coefficient (Wildman–Crippen LogP) is 2.96. The molecule has 3 heteroatoms. The van der Waals surface area contributed by atoms with Crippen LogP contribution >= 0.6 is 0 Å². The van der Waals surface area contributed by atoms with Crippen molar-refractivity contribution in [3.05, 3.63) is 84.3 Å². The van der Waals surface area contributed by atoms with Crippen molar-refractivity contribution in [2.24, 2.45) is 0 Å². The second kappa shape index (κ2) is 5.98. The number of aromatic nitrogens is 2. The predicted molar refractivity (Wildman–Crippen MR) is 80.1 cm³/mol. The Hall–Kier alpha value is -2.99. The Bertz CT molecular complexity index is 772. The van der Waals surface area contributed by atoms with Gasteiger partial charge in [0.15, 0.2) is 12.7 Å². The fourth-order valence-electron chi connectivity index (χ4n) is 2.26. The molecular formula is C18H14N3+. The maximum atomic E-state index is 8.88. The van der Waals surface area contributed by atoms with Gasteiger partial charge in [-0.25, -0.2) is 0 Å². The lowest BCUT2D eigenvalue weighted by molar-refractivity contribution is -0.678. The molecule has 0 saturated heterocycles. The Morgan fingerprint density at radius 3 is 2.48 bits per heavy atom. The molecular weight excluding hydrogens is 258 g/mol. The molecule has 1 heterocycles. The maximum Gasteiger partial charge on any atom is 0.231 e. The molecule has 1 aromatic heterocycles. The van der Waals surface area contributed by atoms with Gasteiger partial charge in [-0.3, -0.25) is 4.98 Å². The van der Waals surface area contributed by atoms with E-state index < -0.39 is 0 Å². The fraction of sp³-hybridized carbons (Fsp3) is 0.0556. The van der Waals surface area contributed by atoms with Crippen molar-refractivity contribution in [3.8, 4) is 17.3 Å². The molecule has 0 bridgehead atoms. The van der Waals surface area contributed by atoms with E-state index in [9.17, 15) is 0 Å². The Kier molecular flexibility index (Phi) is 3.70. The minimum absolute atomic E-state index is 0.664. The van der Waals surface area contributed by atoms with Crippen LogP contribution in [0.1, 0.15) is 11.1 Å². The van der Waals surface area contributed by atoms with E-state index in [1.807, 2.05) is 54.9 Å². The van der Waals surface area contributed by atoms with Gasteiger partial charge in [0.05, 0.1) is 24.0 Å². The highest BCUT2D eigenvalue weighted by molar-refractivity contribution is 5.56. The van der Waals surface area contributed by atoms with Gasteiger partial charge < -0.3 is 0 Å². The summed E-state index contributed by atoms with van der Waals surface area (Å²) in [6.07, 6.45) is 5.61. The minimum Gasteiger partial charge on any atom is -0.252 e. The van der Waals surface area contributed by atoms with E-state index in [1.54, 1.807) is 6.20 Å². The van der Waals surface area contributed by atoms with Crippen molar-refractivity contribution >= 4 is 0 Å². The van der Waals surface area contributed by atoms with Gasteiger partial charge in [0.1, 0.15) is 0 Å². The molecule has 0 N–H and O–H groups in total. The van der Waals surface area contributed by atoms with E-state index in [-0.39, 0.29) is 0 Å². The van der Waals surface area contributed by atoms with Crippen LogP contribution < -0.4 is 4.57 Å². The zero-order chi connectivity index (χ0) is 14.5. The first-order valence-corrected chi connectivity index (χ1v) is 6.75. The van der Waals surface area contributed by atoms with Crippen LogP contribution in [0.3, 0.4) is 0 Å². The lowest BCUT2D eigenvalue weighted by Crippen LogP contribution is -2.36. The summed E-state index contributed by atoms with van der Waals surface area (Å²) in [5.74, 6) is 0. The second-order valence-corrected chi connectivity index (χ2v) is 4.76. The van der Waals surface area contributed by atoms with Crippen molar-refractivity contribution in [2.75, 3.05) is 0 Å². The molecule has 2 aromatic carbocycles. The molecule has 3 rings (SSSR count). The summed E-state index contributed by atoms with van der Waals surface area (Å²) >= 11 is 0. The van der Waals surface area contributed by atoms with E-state index >= 15 is 0 Å². The maximum absolute atomic E-state index is 8.88. The number of rotatable bonds is 3. The number of hydrogen-bond acceptors (Lipinski definition) is 2. The first-order chi connectivity index (χ1) is 10.4. The number of benzene rings is 2. The van der Waals surface area contributed by atoms with Crippen LogP contribution in [0.2, 0.25) is 0 Å². The van der Waals surface area contributed by atoms with Gasteiger partial charge in [-0.15, -0.1) is 0 Å². The molecule has 0 aliphatic rings. The summed E-state index contributed by atoms with van der Waals surface area (Å²) < 4.78 is 2.16. The highest BCUT2D eigenvalue weighted by atomic mass is 15.0. The first kappa shape index (κ1) is 13.0. The summed E-state index contributed by atoms with van der Waals surface area (Å²) in [5, 5.41) is 8.88. The molecule has 3 nitrogen and oxygen atoms in total. The quantitative estimate of drug-likeness (QED) is 0.688. The highest BCUT2D eigenvalue weighted by Crippen LogP contribution is 2.15. The van der Waals surface area contributed by atoms with Crippen LogP contribution in [-0.2, 0) is 6.54 Å². The molecule has 0 aliphatic heterocycles. The van der Waals surface area contributed by atoms with Crippen molar-refractivity contribution < 1.29 is 4.57 Å². The van der Waals surface area contributed by atoms with E-state index in [0.717, 1.165) is 17.8 Å². The van der Waals surface area contributed by atoms with Crippen molar-refractivity contribution in [1.29, 1.82) is 5.26 Å². The topological polar surface area (TPSA) is 40.6 Å². The molecule has 0 fully saturated rings. The van der Waals surface area contributed by atoms with E-state index in [0.29, 0.717) is 5.56 Å². The summed E-state index contributed by atoms with van der Waals surface area (Å²) in [7, 11) is 0. The third-order valence-corrected chi connectivity index (χ3v) is 3.34.